The molecular formula is C25H32N2O4. The molecule has 31 heavy (non-hydrogen) atoms. The molecule has 0 bridgehead atoms. The molecule has 1 aliphatic heterocycles. The number of carboxylic acid groups (broad SMARTS) is 1. The number of nitrogens with zero attached hydrogens (tertiary/aromatic N) is 1. The Kier molecular flexibility index (Phi) is 6.41. The van der Waals surface area contributed by atoms with Gasteiger partial charge in [-0.1, -0.05) is 54.6 Å². The van der Waals surface area contributed by atoms with Crippen LogP contribution in [0, 0.1) is 0 Å². The molecule has 6 heteroatoms. The Morgan fingerprint density at radius 3 is 2.16 bits per heavy atom. The van der Waals surface area contributed by atoms with Gasteiger partial charge in [0, 0.05) is 18.5 Å². The van der Waals surface area contributed by atoms with E-state index in [-0.39, 0.29) is 6.04 Å². The Morgan fingerprint density at radius 1 is 1.06 bits per heavy atom. The highest BCUT2D eigenvalue weighted by Gasteiger charge is 2.57. The first-order valence-corrected chi connectivity index (χ1v) is 10.7. The minimum Gasteiger partial charge on any atom is -0.478 e. The van der Waals surface area contributed by atoms with Gasteiger partial charge >= 0.3 is 12.1 Å². The van der Waals surface area contributed by atoms with Gasteiger partial charge < -0.3 is 9.84 Å². The molecule has 2 aromatic rings. The Bertz CT molecular complexity index is 919. The molecule has 0 aliphatic carbocycles. The molecule has 1 saturated heterocycles. The predicted octanol–water partition coefficient (Wildman–Crippen LogP) is 4.86. The number of likely N-dealkylation sites (tertiary alicyclic amines) is 1. The van der Waals surface area contributed by atoms with Crippen molar-refractivity contribution in [3.05, 3.63) is 60.2 Å². The van der Waals surface area contributed by atoms with Gasteiger partial charge in [-0.05, 0) is 57.7 Å². The lowest BCUT2D eigenvalue weighted by atomic mass is 9.85. The van der Waals surface area contributed by atoms with Gasteiger partial charge in [0.25, 0.3) is 0 Å². The summed E-state index contributed by atoms with van der Waals surface area (Å²) in [5.74, 6) is -1.49. The Balaban J connectivity index is 1.98. The number of hydrogen-bond donors (Lipinski definition) is 2. The van der Waals surface area contributed by atoms with Crippen molar-refractivity contribution in [2.75, 3.05) is 6.54 Å². The predicted molar refractivity (Wildman–Crippen MR) is 121 cm³/mol. The van der Waals surface area contributed by atoms with E-state index in [1.165, 1.54) is 0 Å². The molecule has 0 saturated carbocycles. The number of amides is 1. The molecule has 1 unspecified atom stereocenters. The number of ether oxygens (including phenoxy) is 1. The van der Waals surface area contributed by atoms with E-state index in [9.17, 15) is 14.7 Å². The lowest BCUT2D eigenvalue weighted by Gasteiger charge is -2.41. The van der Waals surface area contributed by atoms with Gasteiger partial charge in [0.1, 0.15) is 5.60 Å². The SMILES string of the molecule is CC(C)N1CCC(c2ccc(-c3ccccc3)cc2)[C@]1(NC(=O)OC(C)(C)C)C(=O)O. The molecule has 166 valence electrons. The topological polar surface area (TPSA) is 78.9 Å². The van der Waals surface area contributed by atoms with E-state index in [1.54, 1.807) is 20.8 Å². The first kappa shape index (κ1) is 22.8. The molecule has 1 fully saturated rings. The summed E-state index contributed by atoms with van der Waals surface area (Å²) >= 11 is 0. The second kappa shape index (κ2) is 8.71. The number of hydrogen-bond acceptors (Lipinski definition) is 4. The van der Waals surface area contributed by atoms with Crippen LogP contribution in [0.3, 0.4) is 0 Å². The third-order valence-electron chi connectivity index (χ3n) is 5.68. The van der Waals surface area contributed by atoms with Crippen LogP contribution in [0.5, 0.6) is 0 Å². The standard InChI is InChI=1S/C25H32N2O4/c1-17(2)27-16-15-21(25(27,22(28)29)26-23(30)31-24(3,4)5)20-13-11-19(12-14-20)18-9-7-6-8-10-18/h6-14,17,21H,15-16H2,1-5H3,(H,26,30)(H,28,29)/t21?,25-/m1/s1. The van der Waals surface area contributed by atoms with Gasteiger partial charge in [0.05, 0.1) is 0 Å². The molecule has 1 heterocycles. The number of alkyl carbamates (subject to hydrolysis) is 1. The maximum absolute atomic E-state index is 12.7. The molecule has 0 spiro atoms. The summed E-state index contributed by atoms with van der Waals surface area (Å²) in [7, 11) is 0. The van der Waals surface area contributed by atoms with Crippen molar-refractivity contribution in [1.29, 1.82) is 0 Å². The summed E-state index contributed by atoms with van der Waals surface area (Å²) in [6.07, 6.45) is -0.112. The van der Waals surface area contributed by atoms with Crippen molar-refractivity contribution in [2.45, 2.75) is 64.3 Å². The van der Waals surface area contributed by atoms with Crippen LogP contribution in [-0.2, 0) is 9.53 Å². The fourth-order valence-electron chi connectivity index (χ4n) is 4.41. The zero-order valence-electron chi connectivity index (χ0n) is 18.9. The molecule has 0 aromatic heterocycles. The summed E-state index contributed by atoms with van der Waals surface area (Å²) < 4.78 is 5.42. The number of benzene rings is 2. The molecule has 0 radical (unpaired) electrons. The van der Waals surface area contributed by atoms with Crippen LogP contribution in [0.2, 0.25) is 0 Å². The third-order valence-corrected chi connectivity index (χ3v) is 5.68. The van der Waals surface area contributed by atoms with Gasteiger partial charge in [-0.2, -0.15) is 0 Å². The van der Waals surface area contributed by atoms with Gasteiger partial charge in [-0.25, -0.2) is 9.59 Å². The number of carbonyl (C=O) groups is 2. The van der Waals surface area contributed by atoms with E-state index in [0.29, 0.717) is 13.0 Å². The summed E-state index contributed by atoms with van der Waals surface area (Å²) in [5, 5.41) is 13.1. The van der Waals surface area contributed by atoms with Crippen LogP contribution < -0.4 is 5.32 Å². The fourth-order valence-corrected chi connectivity index (χ4v) is 4.41. The Labute approximate surface area is 184 Å². The van der Waals surface area contributed by atoms with E-state index in [4.69, 9.17) is 4.74 Å². The van der Waals surface area contributed by atoms with Gasteiger partial charge in [0.2, 0.25) is 5.66 Å². The lowest BCUT2D eigenvalue weighted by Crippen LogP contribution is -2.67. The summed E-state index contributed by atoms with van der Waals surface area (Å²) in [4.78, 5) is 27.2. The lowest BCUT2D eigenvalue weighted by molar-refractivity contribution is -0.154. The average molecular weight is 425 g/mol. The van der Waals surface area contributed by atoms with Gasteiger partial charge in [0.15, 0.2) is 0 Å². The number of nitrogens with one attached hydrogen (secondary N) is 1. The molecule has 2 N–H and O–H groups in total. The number of carbonyl (C=O) groups excluding carboxylic acids is 1. The maximum atomic E-state index is 12.7. The van der Waals surface area contributed by atoms with E-state index >= 15 is 0 Å². The number of carboxylic acids is 1. The average Bonchev–Trinajstić information content (AvgIpc) is 3.07. The van der Waals surface area contributed by atoms with Crippen LogP contribution in [0.4, 0.5) is 4.79 Å². The minimum absolute atomic E-state index is 0.0698. The number of rotatable bonds is 5. The van der Waals surface area contributed by atoms with E-state index in [0.717, 1.165) is 16.7 Å². The third kappa shape index (κ3) is 4.74. The summed E-state index contributed by atoms with van der Waals surface area (Å²) in [6, 6.07) is 17.9. The Morgan fingerprint density at radius 2 is 1.65 bits per heavy atom. The van der Waals surface area contributed by atoms with Gasteiger partial charge in [-0.3, -0.25) is 10.2 Å². The minimum atomic E-state index is -1.58. The second-order valence-electron chi connectivity index (χ2n) is 9.31. The van der Waals surface area contributed by atoms with Crippen molar-refractivity contribution >= 4 is 12.1 Å². The van der Waals surface area contributed by atoms with Crippen molar-refractivity contribution in [2.24, 2.45) is 0 Å². The van der Waals surface area contributed by atoms with Crippen LogP contribution in [0.15, 0.2) is 54.6 Å². The first-order valence-electron chi connectivity index (χ1n) is 10.7. The molecule has 3 rings (SSSR count). The molecule has 1 amide bonds. The van der Waals surface area contributed by atoms with Crippen molar-refractivity contribution < 1.29 is 19.4 Å². The molecule has 6 nitrogen and oxygen atoms in total. The highest BCUT2D eigenvalue weighted by molar-refractivity contribution is 5.86. The smallest absolute Gasteiger partial charge is 0.409 e. The van der Waals surface area contributed by atoms with Crippen molar-refractivity contribution in [3.63, 3.8) is 0 Å². The molecule has 1 aliphatic rings. The van der Waals surface area contributed by atoms with Crippen LogP contribution in [-0.4, -0.2) is 45.9 Å². The zero-order valence-corrected chi connectivity index (χ0v) is 18.9. The molecule has 2 aromatic carbocycles. The number of aliphatic carboxylic acids is 1. The largest absolute Gasteiger partial charge is 0.478 e. The molecule has 2 atom stereocenters. The van der Waals surface area contributed by atoms with E-state index in [1.807, 2.05) is 73.3 Å². The maximum Gasteiger partial charge on any atom is 0.409 e. The van der Waals surface area contributed by atoms with Crippen molar-refractivity contribution in [3.8, 4) is 11.1 Å². The summed E-state index contributed by atoms with van der Waals surface area (Å²) in [5.41, 5.74) is 0.730. The van der Waals surface area contributed by atoms with Crippen LogP contribution in [0.1, 0.15) is 52.5 Å². The van der Waals surface area contributed by atoms with Crippen LogP contribution in [0.25, 0.3) is 11.1 Å². The monoisotopic (exact) mass is 424 g/mol. The molecular weight excluding hydrogens is 392 g/mol. The van der Waals surface area contributed by atoms with E-state index < -0.39 is 29.2 Å². The quantitative estimate of drug-likeness (QED) is 0.717. The highest BCUT2D eigenvalue weighted by atomic mass is 16.6. The normalized spacial score (nSPS) is 21.8. The fraction of sp³-hybridized carbons (Fsp3) is 0.440. The first-order chi connectivity index (χ1) is 14.5. The second-order valence-corrected chi connectivity index (χ2v) is 9.31. The highest BCUT2D eigenvalue weighted by Crippen LogP contribution is 2.42. The Hall–Kier alpha value is -2.86. The van der Waals surface area contributed by atoms with Crippen molar-refractivity contribution in [1.82, 2.24) is 10.2 Å². The van der Waals surface area contributed by atoms with Crippen LogP contribution >= 0.6 is 0 Å². The van der Waals surface area contributed by atoms with E-state index in [2.05, 4.69) is 5.32 Å². The summed E-state index contributed by atoms with van der Waals surface area (Å²) in [6.45, 7) is 9.72. The zero-order chi connectivity index (χ0) is 22.8. The van der Waals surface area contributed by atoms with Gasteiger partial charge in [-0.15, -0.1) is 0 Å².